The Balaban J connectivity index is 3.89. The van der Waals surface area contributed by atoms with Gasteiger partial charge in [-0.05, 0) is 6.92 Å². The molecule has 1 unspecified atom stereocenters. The van der Waals surface area contributed by atoms with Gasteiger partial charge in [-0.25, -0.2) is 4.18 Å². The van der Waals surface area contributed by atoms with Crippen LogP contribution in [0.15, 0.2) is 12.7 Å². The summed E-state index contributed by atoms with van der Waals surface area (Å²) in [6.07, 6.45) is 0.372. The zero-order valence-corrected chi connectivity index (χ0v) is 5.69. The summed E-state index contributed by atoms with van der Waals surface area (Å²) in [5.74, 6) is 0. The highest BCUT2D eigenvalue weighted by Crippen LogP contribution is 2.00. The molecule has 3 nitrogen and oxygen atoms in total. The Kier molecular flexibility index (Phi) is 2.80. The fourth-order valence-electron chi connectivity index (χ4n) is 0.221. The molecule has 0 saturated carbocycles. The van der Waals surface area contributed by atoms with Gasteiger partial charge in [0.1, 0.15) is 0 Å². The molecule has 0 radical (unpaired) electrons. The van der Waals surface area contributed by atoms with E-state index in [1.54, 1.807) is 0 Å². The fourth-order valence-corrected chi connectivity index (χ4v) is 0.662. The molecular weight excluding hydrogens is 147 g/mol. The number of rotatable bonds is 3. The molecule has 0 amide bonds. The highest BCUT2D eigenvalue weighted by atomic mass is 32.3. The van der Waals surface area contributed by atoms with Crippen molar-refractivity contribution in [1.29, 1.82) is 0 Å². The maximum absolute atomic E-state index is 11.5. The van der Waals surface area contributed by atoms with Gasteiger partial charge in [0, 0.05) is 0 Å². The predicted molar refractivity (Wildman–Crippen MR) is 30.8 cm³/mol. The maximum atomic E-state index is 11.5. The summed E-state index contributed by atoms with van der Waals surface area (Å²) in [7, 11) is -4.81. The summed E-state index contributed by atoms with van der Waals surface area (Å²) in [6.45, 7) is 4.55. The van der Waals surface area contributed by atoms with Crippen LogP contribution in [0, 0.1) is 0 Å². The van der Waals surface area contributed by atoms with Gasteiger partial charge in [0.2, 0.25) is 0 Å². The van der Waals surface area contributed by atoms with Crippen molar-refractivity contribution in [3.8, 4) is 0 Å². The standard InChI is InChI=1S/C4H7FO3S/c1-3-4(2)8-9(5,6)7/h3-4H,1H2,2H3. The van der Waals surface area contributed by atoms with E-state index in [0.29, 0.717) is 0 Å². The van der Waals surface area contributed by atoms with Crippen molar-refractivity contribution in [3.63, 3.8) is 0 Å². The van der Waals surface area contributed by atoms with Crippen molar-refractivity contribution in [2.45, 2.75) is 13.0 Å². The molecule has 0 aliphatic rings. The van der Waals surface area contributed by atoms with Gasteiger partial charge in [0.25, 0.3) is 0 Å². The third kappa shape index (κ3) is 5.45. The fraction of sp³-hybridized carbons (Fsp3) is 0.500. The van der Waals surface area contributed by atoms with Crippen LogP contribution in [-0.2, 0) is 14.7 Å². The van der Waals surface area contributed by atoms with Gasteiger partial charge in [-0.15, -0.1) is 6.58 Å². The van der Waals surface area contributed by atoms with Gasteiger partial charge in [0.15, 0.2) is 0 Å². The van der Waals surface area contributed by atoms with Crippen molar-refractivity contribution >= 4 is 10.5 Å². The highest BCUT2D eigenvalue weighted by molar-refractivity contribution is 7.81. The molecule has 1 atom stereocenters. The molecule has 9 heavy (non-hydrogen) atoms. The molecule has 5 heteroatoms. The second-order valence-electron chi connectivity index (χ2n) is 1.43. The second-order valence-corrected chi connectivity index (χ2v) is 2.41. The third-order valence-electron chi connectivity index (χ3n) is 0.599. The quantitative estimate of drug-likeness (QED) is 0.446. The Morgan fingerprint density at radius 2 is 2.22 bits per heavy atom. The zero-order chi connectivity index (χ0) is 7.49. The Morgan fingerprint density at radius 1 is 1.78 bits per heavy atom. The Hall–Kier alpha value is -0.420. The highest BCUT2D eigenvalue weighted by Gasteiger charge is 2.09. The monoisotopic (exact) mass is 154 g/mol. The minimum absolute atomic E-state index is 0.806. The van der Waals surface area contributed by atoms with E-state index in [2.05, 4.69) is 10.8 Å². The summed E-state index contributed by atoms with van der Waals surface area (Å²) in [6, 6.07) is 0. The topological polar surface area (TPSA) is 43.4 Å². The summed E-state index contributed by atoms with van der Waals surface area (Å²) in [4.78, 5) is 0. The SMILES string of the molecule is C=CC(C)OS(=O)(=O)F. The van der Waals surface area contributed by atoms with E-state index >= 15 is 0 Å². The summed E-state index contributed by atoms with van der Waals surface area (Å²) >= 11 is 0. The summed E-state index contributed by atoms with van der Waals surface area (Å²) in [5, 5.41) is 0. The normalized spacial score (nSPS) is 14.9. The van der Waals surface area contributed by atoms with Gasteiger partial charge in [0.05, 0.1) is 6.10 Å². The molecule has 0 aliphatic heterocycles. The second kappa shape index (κ2) is 2.93. The molecular formula is C4H7FO3S. The van der Waals surface area contributed by atoms with Crippen LogP contribution < -0.4 is 0 Å². The minimum Gasteiger partial charge on any atom is -0.237 e. The largest absolute Gasteiger partial charge is 0.438 e. The molecule has 0 aromatic rings. The van der Waals surface area contributed by atoms with Crippen LogP contribution in [0.1, 0.15) is 6.92 Å². The van der Waals surface area contributed by atoms with Crippen molar-refractivity contribution in [1.82, 2.24) is 0 Å². The first kappa shape index (κ1) is 8.58. The van der Waals surface area contributed by atoms with E-state index in [1.807, 2.05) is 0 Å². The van der Waals surface area contributed by atoms with E-state index in [4.69, 9.17) is 0 Å². The van der Waals surface area contributed by atoms with Gasteiger partial charge >= 0.3 is 10.5 Å². The van der Waals surface area contributed by atoms with Gasteiger partial charge in [-0.2, -0.15) is 8.42 Å². The van der Waals surface area contributed by atoms with Crippen LogP contribution in [0.3, 0.4) is 0 Å². The first-order valence-corrected chi connectivity index (χ1v) is 3.52. The molecule has 0 saturated heterocycles. The predicted octanol–water partition coefficient (Wildman–Crippen LogP) is 0.792. The van der Waals surface area contributed by atoms with Gasteiger partial charge in [-0.3, -0.25) is 0 Å². The molecule has 0 aromatic heterocycles. The van der Waals surface area contributed by atoms with E-state index < -0.39 is 16.6 Å². The molecule has 0 bridgehead atoms. The molecule has 0 aliphatic carbocycles. The van der Waals surface area contributed by atoms with Crippen molar-refractivity contribution in [2.75, 3.05) is 0 Å². The number of hydrogen-bond acceptors (Lipinski definition) is 3. The van der Waals surface area contributed by atoms with Crippen LogP contribution in [0.4, 0.5) is 3.89 Å². The van der Waals surface area contributed by atoms with Crippen LogP contribution in [0.5, 0.6) is 0 Å². The van der Waals surface area contributed by atoms with Gasteiger partial charge in [-0.1, -0.05) is 9.96 Å². The summed E-state index contributed by atoms with van der Waals surface area (Å²) < 4.78 is 34.6. The van der Waals surface area contributed by atoms with Crippen LogP contribution in [0.25, 0.3) is 0 Å². The average molecular weight is 154 g/mol. The molecule has 0 heterocycles. The average Bonchev–Trinajstić information content (AvgIpc) is 1.62. The van der Waals surface area contributed by atoms with E-state index in [9.17, 15) is 12.3 Å². The first-order valence-electron chi connectivity index (χ1n) is 2.21. The van der Waals surface area contributed by atoms with Crippen LogP contribution >= 0.6 is 0 Å². The van der Waals surface area contributed by atoms with Crippen LogP contribution in [0.2, 0.25) is 0 Å². The van der Waals surface area contributed by atoms with Crippen molar-refractivity contribution < 1.29 is 16.5 Å². The van der Waals surface area contributed by atoms with Crippen molar-refractivity contribution in [2.24, 2.45) is 0 Å². The van der Waals surface area contributed by atoms with E-state index in [0.717, 1.165) is 0 Å². The minimum atomic E-state index is -4.81. The molecule has 0 fully saturated rings. The molecule has 0 N–H and O–H groups in total. The Morgan fingerprint density at radius 3 is 2.33 bits per heavy atom. The van der Waals surface area contributed by atoms with Crippen LogP contribution in [-0.4, -0.2) is 14.5 Å². The van der Waals surface area contributed by atoms with Crippen molar-refractivity contribution in [3.05, 3.63) is 12.7 Å². The molecule has 0 spiro atoms. The lowest BCUT2D eigenvalue weighted by Crippen LogP contribution is -2.07. The lowest BCUT2D eigenvalue weighted by atomic mass is 10.4. The molecule has 0 rings (SSSR count). The first-order chi connectivity index (χ1) is 3.95. The smallest absolute Gasteiger partial charge is 0.237 e. The lowest BCUT2D eigenvalue weighted by Gasteiger charge is -1.99. The number of hydrogen-bond donors (Lipinski definition) is 0. The van der Waals surface area contributed by atoms with E-state index in [1.165, 1.54) is 13.0 Å². The van der Waals surface area contributed by atoms with Gasteiger partial charge < -0.3 is 0 Å². The Labute approximate surface area is 53.6 Å². The molecule has 0 aromatic carbocycles. The lowest BCUT2D eigenvalue weighted by molar-refractivity contribution is 0.255. The number of halogens is 1. The van der Waals surface area contributed by atoms with E-state index in [-0.39, 0.29) is 0 Å². The Bertz CT molecular complexity index is 184. The molecule has 54 valence electrons. The third-order valence-corrected chi connectivity index (χ3v) is 1.13. The summed E-state index contributed by atoms with van der Waals surface area (Å²) in [5.41, 5.74) is 0. The maximum Gasteiger partial charge on any atom is 0.438 e. The zero-order valence-electron chi connectivity index (χ0n) is 4.87.